The van der Waals surface area contributed by atoms with Crippen LogP contribution in [0.1, 0.15) is 37.4 Å². The molecular formula is C16H24N2O. The SMILES string of the molecule is O[C@H]1c2ccccc2NC[C@@H]1CCCN1CCCC1. The van der Waals surface area contributed by atoms with Gasteiger partial charge in [-0.05, 0) is 51.4 Å². The fourth-order valence-corrected chi connectivity index (χ4v) is 3.37. The molecule has 2 aliphatic heterocycles. The predicted molar refractivity (Wildman–Crippen MR) is 78.3 cm³/mol. The second kappa shape index (κ2) is 5.93. The van der Waals surface area contributed by atoms with Crippen LogP contribution < -0.4 is 5.32 Å². The zero-order valence-electron chi connectivity index (χ0n) is 11.5. The molecule has 1 fully saturated rings. The van der Waals surface area contributed by atoms with Crippen LogP contribution in [-0.2, 0) is 0 Å². The van der Waals surface area contributed by atoms with Crippen LogP contribution in [0.25, 0.3) is 0 Å². The maximum absolute atomic E-state index is 10.5. The van der Waals surface area contributed by atoms with E-state index in [1.165, 1.54) is 38.9 Å². The first kappa shape index (κ1) is 12.9. The number of nitrogens with zero attached hydrogens (tertiary/aromatic N) is 1. The van der Waals surface area contributed by atoms with Gasteiger partial charge in [-0.3, -0.25) is 0 Å². The molecule has 1 saturated heterocycles. The summed E-state index contributed by atoms with van der Waals surface area (Å²) in [6.45, 7) is 4.64. The monoisotopic (exact) mass is 260 g/mol. The summed E-state index contributed by atoms with van der Waals surface area (Å²) in [4.78, 5) is 2.55. The van der Waals surface area contributed by atoms with E-state index >= 15 is 0 Å². The van der Waals surface area contributed by atoms with Crippen molar-refractivity contribution < 1.29 is 5.11 Å². The maximum Gasteiger partial charge on any atom is 0.0854 e. The lowest BCUT2D eigenvalue weighted by Crippen LogP contribution is -2.29. The van der Waals surface area contributed by atoms with Crippen molar-refractivity contribution in [2.45, 2.75) is 31.8 Å². The summed E-state index contributed by atoms with van der Waals surface area (Å²) in [5.74, 6) is 0.359. The molecule has 0 bridgehead atoms. The largest absolute Gasteiger partial charge is 0.388 e. The van der Waals surface area contributed by atoms with Gasteiger partial charge in [0, 0.05) is 23.7 Å². The highest BCUT2D eigenvalue weighted by molar-refractivity contribution is 5.54. The first-order valence-electron chi connectivity index (χ1n) is 7.58. The number of fused-ring (bicyclic) bond motifs is 1. The third kappa shape index (κ3) is 2.93. The molecule has 2 aliphatic rings. The van der Waals surface area contributed by atoms with E-state index in [-0.39, 0.29) is 6.10 Å². The summed E-state index contributed by atoms with van der Waals surface area (Å²) in [6, 6.07) is 8.13. The normalized spacial score (nSPS) is 27.0. The molecule has 3 heteroatoms. The fraction of sp³-hybridized carbons (Fsp3) is 0.625. The number of rotatable bonds is 4. The van der Waals surface area contributed by atoms with Crippen LogP contribution in [0.4, 0.5) is 5.69 Å². The van der Waals surface area contributed by atoms with Crippen LogP contribution in [0.2, 0.25) is 0 Å². The van der Waals surface area contributed by atoms with Gasteiger partial charge in [-0.25, -0.2) is 0 Å². The van der Waals surface area contributed by atoms with Gasteiger partial charge in [0.25, 0.3) is 0 Å². The molecule has 0 spiro atoms. The topological polar surface area (TPSA) is 35.5 Å². The molecule has 0 aromatic heterocycles. The van der Waals surface area contributed by atoms with Crippen LogP contribution in [0.5, 0.6) is 0 Å². The highest BCUT2D eigenvalue weighted by atomic mass is 16.3. The Bertz CT molecular complexity index is 415. The van der Waals surface area contributed by atoms with E-state index in [0.717, 1.165) is 24.2 Å². The molecule has 19 heavy (non-hydrogen) atoms. The summed E-state index contributed by atoms with van der Waals surface area (Å²) < 4.78 is 0. The molecule has 0 aliphatic carbocycles. The first-order valence-corrected chi connectivity index (χ1v) is 7.58. The second-order valence-corrected chi connectivity index (χ2v) is 5.86. The van der Waals surface area contributed by atoms with Crippen LogP contribution >= 0.6 is 0 Å². The van der Waals surface area contributed by atoms with E-state index < -0.39 is 0 Å². The number of likely N-dealkylation sites (tertiary alicyclic amines) is 1. The molecule has 0 saturated carbocycles. The Labute approximate surface area is 115 Å². The van der Waals surface area contributed by atoms with Gasteiger partial charge in [0.05, 0.1) is 6.10 Å². The Hall–Kier alpha value is -1.06. The quantitative estimate of drug-likeness (QED) is 0.873. The Morgan fingerprint density at radius 1 is 1.21 bits per heavy atom. The Kier molecular flexibility index (Phi) is 4.04. The molecule has 1 aromatic rings. The molecule has 104 valence electrons. The van der Waals surface area contributed by atoms with Crippen molar-refractivity contribution >= 4 is 5.69 Å². The third-order valence-corrected chi connectivity index (χ3v) is 4.53. The van der Waals surface area contributed by atoms with Crippen molar-refractivity contribution in [2.24, 2.45) is 5.92 Å². The standard InChI is InChI=1S/C16H24N2O/c19-16-13(6-5-11-18-9-3-4-10-18)12-17-15-8-2-1-7-14(15)16/h1-2,7-8,13,16-17,19H,3-6,9-12H2/t13-,16+/m0/s1. The van der Waals surface area contributed by atoms with Gasteiger partial charge in [0.1, 0.15) is 0 Å². The van der Waals surface area contributed by atoms with Crippen LogP contribution in [0.15, 0.2) is 24.3 Å². The van der Waals surface area contributed by atoms with E-state index in [1.54, 1.807) is 0 Å². The van der Waals surface area contributed by atoms with Gasteiger partial charge < -0.3 is 15.3 Å². The van der Waals surface area contributed by atoms with E-state index in [4.69, 9.17) is 0 Å². The van der Waals surface area contributed by atoms with Gasteiger partial charge in [-0.2, -0.15) is 0 Å². The molecule has 3 nitrogen and oxygen atoms in total. The molecular weight excluding hydrogens is 236 g/mol. The fourth-order valence-electron chi connectivity index (χ4n) is 3.37. The maximum atomic E-state index is 10.5. The van der Waals surface area contributed by atoms with E-state index in [1.807, 2.05) is 18.2 Å². The minimum atomic E-state index is -0.295. The van der Waals surface area contributed by atoms with Crippen molar-refractivity contribution in [3.05, 3.63) is 29.8 Å². The molecule has 2 heterocycles. The van der Waals surface area contributed by atoms with Gasteiger partial charge in [0.15, 0.2) is 0 Å². The first-order chi connectivity index (χ1) is 9.34. The highest BCUT2D eigenvalue weighted by Crippen LogP contribution is 2.35. The van der Waals surface area contributed by atoms with E-state index in [9.17, 15) is 5.11 Å². The smallest absolute Gasteiger partial charge is 0.0854 e. The lowest BCUT2D eigenvalue weighted by Gasteiger charge is -2.31. The third-order valence-electron chi connectivity index (χ3n) is 4.53. The minimum Gasteiger partial charge on any atom is -0.388 e. The number of benzene rings is 1. The summed E-state index contributed by atoms with van der Waals surface area (Å²) in [5, 5.41) is 13.9. The number of nitrogens with one attached hydrogen (secondary N) is 1. The average Bonchev–Trinajstić information content (AvgIpc) is 2.95. The minimum absolute atomic E-state index is 0.295. The molecule has 2 N–H and O–H groups in total. The van der Waals surface area contributed by atoms with Crippen molar-refractivity contribution in [1.82, 2.24) is 4.90 Å². The van der Waals surface area contributed by atoms with Crippen molar-refractivity contribution in [3.8, 4) is 0 Å². The number of aliphatic hydroxyl groups is 1. The van der Waals surface area contributed by atoms with Crippen molar-refractivity contribution in [3.63, 3.8) is 0 Å². The van der Waals surface area contributed by atoms with E-state index in [2.05, 4.69) is 16.3 Å². The summed E-state index contributed by atoms with van der Waals surface area (Å²) in [5.41, 5.74) is 2.17. The number of aliphatic hydroxyl groups excluding tert-OH is 1. The second-order valence-electron chi connectivity index (χ2n) is 5.86. The Morgan fingerprint density at radius 2 is 2.00 bits per heavy atom. The molecule has 3 rings (SSSR count). The summed E-state index contributed by atoms with van der Waals surface area (Å²) >= 11 is 0. The average molecular weight is 260 g/mol. The van der Waals surface area contributed by atoms with Crippen LogP contribution in [0, 0.1) is 5.92 Å². The lowest BCUT2D eigenvalue weighted by atomic mass is 9.87. The van der Waals surface area contributed by atoms with E-state index in [0.29, 0.717) is 5.92 Å². The molecule has 0 amide bonds. The van der Waals surface area contributed by atoms with Crippen LogP contribution in [-0.4, -0.2) is 36.2 Å². The molecule has 0 radical (unpaired) electrons. The number of hydrogen-bond acceptors (Lipinski definition) is 3. The van der Waals surface area contributed by atoms with Gasteiger partial charge in [0.2, 0.25) is 0 Å². The predicted octanol–water partition coefficient (Wildman–Crippen LogP) is 2.64. The van der Waals surface area contributed by atoms with Gasteiger partial charge in [-0.15, -0.1) is 0 Å². The molecule has 1 aromatic carbocycles. The van der Waals surface area contributed by atoms with Crippen LogP contribution in [0.3, 0.4) is 0 Å². The van der Waals surface area contributed by atoms with Crippen molar-refractivity contribution in [2.75, 3.05) is 31.5 Å². The lowest BCUT2D eigenvalue weighted by molar-refractivity contribution is 0.102. The van der Waals surface area contributed by atoms with Gasteiger partial charge >= 0.3 is 0 Å². The Balaban J connectivity index is 1.52. The summed E-state index contributed by atoms with van der Waals surface area (Å²) in [6.07, 6.45) is 4.74. The number of anilines is 1. The van der Waals surface area contributed by atoms with Gasteiger partial charge in [-0.1, -0.05) is 18.2 Å². The molecule has 2 atom stereocenters. The van der Waals surface area contributed by atoms with Crippen molar-refractivity contribution in [1.29, 1.82) is 0 Å². The summed E-state index contributed by atoms with van der Waals surface area (Å²) in [7, 11) is 0. The number of hydrogen-bond donors (Lipinski definition) is 2. The number of para-hydroxylation sites is 1. The zero-order chi connectivity index (χ0) is 13.1. The molecule has 0 unspecified atom stereocenters. The zero-order valence-corrected chi connectivity index (χ0v) is 11.5. The highest BCUT2D eigenvalue weighted by Gasteiger charge is 2.27. The Morgan fingerprint density at radius 3 is 2.84 bits per heavy atom.